The third-order valence-corrected chi connectivity index (χ3v) is 4.50. The summed E-state index contributed by atoms with van der Waals surface area (Å²) in [6.07, 6.45) is 1.00. The topological polar surface area (TPSA) is 214 Å². The summed E-state index contributed by atoms with van der Waals surface area (Å²) in [6.45, 7) is 1.69. The first-order valence-electron chi connectivity index (χ1n) is 9.45. The first kappa shape index (κ1) is 27.6. The predicted octanol–water partition coefficient (Wildman–Crippen LogP) is -2.20. The van der Waals surface area contributed by atoms with Gasteiger partial charge in [0.2, 0.25) is 17.7 Å². The molecule has 0 saturated heterocycles. The van der Waals surface area contributed by atoms with Crippen molar-refractivity contribution >= 4 is 42.3 Å². The van der Waals surface area contributed by atoms with Crippen LogP contribution in [0.1, 0.15) is 39.0 Å². The average molecular weight is 450 g/mol. The summed E-state index contributed by atoms with van der Waals surface area (Å²) in [5.41, 5.74) is 11.2. The molecule has 30 heavy (non-hydrogen) atoms. The number of amides is 3. The zero-order valence-corrected chi connectivity index (χ0v) is 17.7. The summed E-state index contributed by atoms with van der Waals surface area (Å²) in [7, 11) is 0. The van der Waals surface area contributed by atoms with E-state index in [1.54, 1.807) is 0 Å². The summed E-state index contributed by atoms with van der Waals surface area (Å²) in [6, 6.07) is -4.53. The Morgan fingerprint density at radius 1 is 0.900 bits per heavy atom. The first-order valence-corrected chi connectivity index (χ1v) is 10.1. The Hall–Kier alpha value is -2.38. The van der Waals surface area contributed by atoms with Gasteiger partial charge >= 0.3 is 11.9 Å². The van der Waals surface area contributed by atoms with Crippen molar-refractivity contribution in [3.05, 3.63) is 0 Å². The van der Waals surface area contributed by atoms with Crippen molar-refractivity contribution in [2.24, 2.45) is 11.5 Å². The van der Waals surface area contributed by atoms with Gasteiger partial charge < -0.3 is 37.6 Å². The molecule has 0 fully saturated rings. The fourth-order valence-electron chi connectivity index (χ4n) is 2.30. The molecule has 3 amide bonds. The second kappa shape index (κ2) is 14.6. The van der Waals surface area contributed by atoms with Gasteiger partial charge in [-0.25, -0.2) is 0 Å². The smallest absolute Gasteiger partial charge is 0.325 e. The number of nitrogens with two attached hydrogens (primary N) is 2. The van der Waals surface area contributed by atoms with Gasteiger partial charge in [0.15, 0.2) is 0 Å². The number of carbonyl (C=O) groups excluding carboxylic acids is 3. The van der Waals surface area contributed by atoms with Crippen LogP contribution in [0.3, 0.4) is 0 Å². The number of carbonyl (C=O) groups is 5. The van der Waals surface area contributed by atoms with E-state index in [4.69, 9.17) is 21.7 Å². The molecule has 0 aromatic rings. The van der Waals surface area contributed by atoms with Gasteiger partial charge in [-0.1, -0.05) is 6.42 Å². The molecule has 0 aromatic carbocycles. The highest BCUT2D eigenvalue weighted by atomic mass is 32.1. The lowest BCUT2D eigenvalue weighted by molar-refractivity contribution is -0.142. The lowest BCUT2D eigenvalue weighted by Crippen LogP contribution is -2.57. The molecule has 0 aromatic heterocycles. The Labute approximate surface area is 179 Å². The van der Waals surface area contributed by atoms with E-state index in [1.165, 1.54) is 6.92 Å². The summed E-state index contributed by atoms with van der Waals surface area (Å²) in [5.74, 6) is -4.81. The van der Waals surface area contributed by atoms with Crippen molar-refractivity contribution in [3.63, 3.8) is 0 Å². The summed E-state index contributed by atoms with van der Waals surface area (Å²) in [5, 5.41) is 24.7. The molecule has 0 saturated carbocycles. The monoisotopic (exact) mass is 449 g/mol. The number of nitrogens with one attached hydrogen (secondary N) is 3. The molecule has 0 rings (SSSR count). The lowest BCUT2D eigenvalue weighted by atomic mass is 10.1. The molecule has 4 unspecified atom stereocenters. The van der Waals surface area contributed by atoms with Crippen LogP contribution in [0.5, 0.6) is 0 Å². The molecule has 0 spiro atoms. The predicted molar refractivity (Wildman–Crippen MR) is 111 cm³/mol. The summed E-state index contributed by atoms with van der Waals surface area (Å²) in [4.78, 5) is 58.7. The Bertz CT molecular complexity index is 619. The molecule has 0 aliphatic carbocycles. The molecule has 0 aliphatic heterocycles. The van der Waals surface area contributed by atoms with Crippen LogP contribution in [0, 0.1) is 0 Å². The Morgan fingerprint density at radius 2 is 1.47 bits per heavy atom. The summed E-state index contributed by atoms with van der Waals surface area (Å²) >= 11 is 4.02. The third-order valence-electron chi connectivity index (χ3n) is 4.13. The number of carboxylic acids is 2. The van der Waals surface area contributed by atoms with E-state index in [2.05, 4.69) is 28.6 Å². The quantitative estimate of drug-likeness (QED) is 0.100. The van der Waals surface area contributed by atoms with Crippen LogP contribution >= 0.6 is 12.6 Å². The van der Waals surface area contributed by atoms with Crippen LogP contribution in [0.15, 0.2) is 0 Å². The molecule has 172 valence electrons. The standard InChI is InChI=1S/C17H31N5O7S/c1-9(17(28)29)20-15(26)11(5-6-13(23)24)21-16(27)12(8-30)22-14(25)10(19)4-2-3-7-18/h9-12,30H,2-8,18-19H2,1H3,(H,20,26)(H,21,27)(H,22,25)(H,23,24)(H,28,29). The van der Waals surface area contributed by atoms with E-state index in [-0.39, 0.29) is 12.2 Å². The van der Waals surface area contributed by atoms with Crippen LogP contribution < -0.4 is 27.4 Å². The molecule has 13 heteroatoms. The average Bonchev–Trinajstić information content (AvgIpc) is 2.68. The van der Waals surface area contributed by atoms with Gasteiger partial charge in [-0.3, -0.25) is 24.0 Å². The fourth-order valence-corrected chi connectivity index (χ4v) is 2.55. The highest BCUT2D eigenvalue weighted by Crippen LogP contribution is 2.03. The molecule has 0 bridgehead atoms. The van der Waals surface area contributed by atoms with Crippen molar-refractivity contribution in [2.75, 3.05) is 12.3 Å². The minimum absolute atomic E-state index is 0.105. The molecule has 4 atom stereocenters. The van der Waals surface area contributed by atoms with Gasteiger partial charge in [0.05, 0.1) is 6.04 Å². The van der Waals surface area contributed by atoms with Crippen LogP contribution in [0.4, 0.5) is 0 Å². The maximum atomic E-state index is 12.5. The fraction of sp³-hybridized carbons (Fsp3) is 0.706. The number of aliphatic carboxylic acids is 2. The molecule has 12 nitrogen and oxygen atoms in total. The van der Waals surface area contributed by atoms with E-state index < -0.39 is 60.2 Å². The molecule has 9 N–H and O–H groups in total. The van der Waals surface area contributed by atoms with Crippen molar-refractivity contribution in [1.29, 1.82) is 0 Å². The molecular formula is C17H31N5O7S. The van der Waals surface area contributed by atoms with E-state index in [0.717, 1.165) is 0 Å². The second-order valence-corrected chi connectivity index (χ2v) is 7.06. The number of thiol groups is 1. The Morgan fingerprint density at radius 3 is 1.97 bits per heavy atom. The molecule has 0 radical (unpaired) electrons. The zero-order chi connectivity index (χ0) is 23.3. The van der Waals surface area contributed by atoms with Crippen LogP contribution in [0.25, 0.3) is 0 Å². The SMILES string of the molecule is CC(NC(=O)C(CCC(=O)O)NC(=O)C(CS)NC(=O)C(N)CCCCN)C(=O)O. The molecule has 0 heterocycles. The molecular weight excluding hydrogens is 418 g/mol. The second-order valence-electron chi connectivity index (χ2n) is 6.70. The van der Waals surface area contributed by atoms with E-state index in [9.17, 15) is 24.0 Å². The van der Waals surface area contributed by atoms with Gasteiger partial charge in [-0.15, -0.1) is 0 Å². The van der Waals surface area contributed by atoms with Crippen molar-refractivity contribution in [2.45, 2.75) is 63.2 Å². The number of rotatable bonds is 15. The number of hydrogen-bond donors (Lipinski definition) is 8. The lowest BCUT2D eigenvalue weighted by Gasteiger charge is -2.23. The normalized spacial score (nSPS) is 14.7. The largest absolute Gasteiger partial charge is 0.481 e. The summed E-state index contributed by atoms with van der Waals surface area (Å²) < 4.78 is 0. The third kappa shape index (κ3) is 11.0. The van der Waals surface area contributed by atoms with Crippen LogP contribution in [-0.4, -0.2) is 76.3 Å². The maximum absolute atomic E-state index is 12.5. The van der Waals surface area contributed by atoms with Gasteiger partial charge in [-0.05, 0) is 32.7 Å². The van der Waals surface area contributed by atoms with Crippen molar-refractivity contribution in [1.82, 2.24) is 16.0 Å². The molecule has 0 aliphatic rings. The number of unbranched alkanes of at least 4 members (excludes halogenated alkanes) is 1. The van der Waals surface area contributed by atoms with Gasteiger partial charge in [0.1, 0.15) is 18.1 Å². The minimum atomic E-state index is -1.31. The Kier molecular flexibility index (Phi) is 13.4. The number of carboxylic acid groups (broad SMARTS) is 2. The first-order chi connectivity index (χ1) is 14.0. The van der Waals surface area contributed by atoms with E-state index >= 15 is 0 Å². The van der Waals surface area contributed by atoms with Gasteiger partial charge in [0, 0.05) is 12.2 Å². The van der Waals surface area contributed by atoms with Crippen LogP contribution in [-0.2, 0) is 24.0 Å². The minimum Gasteiger partial charge on any atom is -0.481 e. The van der Waals surface area contributed by atoms with Crippen molar-refractivity contribution < 1.29 is 34.2 Å². The van der Waals surface area contributed by atoms with E-state index in [1.807, 2.05) is 0 Å². The maximum Gasteiger partial charge on any atom is 0.325 e. The van der Waals surface area contributed by atoms with E-state index in [0.29, 0.717) is 25.8 Å². The van der Waals surface area contributed by atoms with Gasteiger partial charge in [-0.2, -0.15) is 12.6 Å². The highest BCUT2D eigenvalue weighted by Gasteiger charge is 2.29. The highest BCUT2D eigenvalue weighted by molar-refractivity contribution is 7.80. The number of hydrogen-bond acceptors (Lipinski definition) is 8. The van der Waals surface area contributed by atoms with Gasteiger partial charge in [0.25, 0.3) is 0 Å². The van der Waals surface area contributed by atoms with Crippen LogP contribution in [0.2, 0.25) is 0 Å². The zero-order valence-electron chi connectivity index (χ0n) is 16.8. The Balaban J connectivity index is 5.05. The van der Waals surface area contributed by atoms with Crippen molar-refractivity contribution in [3.8, 4) is 0 Å².